The Kier molecular flexibility index (Phi) is 7.85. The zero-order valence-corrected chi connectivity index (χ0v) is 23.8. The Labute approximate surface area is 240 Å². The summed E-state index contributed by atoms with van der Waals surface area (Å²) in [5.74, 6) is -0.694. The van der Waals surface area contributed by atoms with E-state index in [0.29, 0.717) is 32.0 Å². The summed E-state index contributed by atoms with van der Waals surface area (Å²) in [6, 6.07) is 20.5. The quantitative estimate of drug-likeness (QED) is 0.0784. The molecule has 0 radical (unpaired) electrons. The number of thioether (sulfide) groups is 1. The molecule has 1 aliphatic rings. The van der Waals surface area contributed by atoms with Gasteiger partial charge in [0, 0.05) is 20.8 Å². The summed E-state index contributed by atoms with van der Waals surface area (Å²) >= 11 is 12.3. The van der Waals surface area contributed by atoms with E-state index >= 15 is 0 Å². The highest BCUT2D eigenvalue weighted by atomic mass is 79.9. The molecule has 7 nitrogen and oxygen atoms in total. The Hall–Kier alpha value is -3.18. The molecule has 1 aromatic heterocycles. The average Bonchev–Trinajstić information content (AvgIpc) is 3.50. The van der Waals surface area contributed by atoms with Gasteiger partial charge in [0.2, 0.25) is 5.13 Å². The lowest BCUT2D eigenvalue weighted by molar-refractivity contribution is -0.132. The lowest BCUT2D eigenvalue weighted by atomic mass is 9.95. The molecule has 1 aliphatic heterocycles. The van der Waals surface area contributed by atoms with Gasteiger partial charge < -0.3 is 9.84 Å². The van der Waals surface area contributed by atoms with Crippen LogP contribution in [0.4, 0.5) is 5.13 Å². The van der Waals surface area contributed by atoms with Gasteiger partial charge in [0.25, 0.3) is 5.78 Å². The van der Waals surface area contributed by atoms with Gasteiger partial charge in [-0.15, -0.1) is 10.2 Å². The van der Waals surface area contributed by atoms with E-state index in [1.165, 1.54) is 35.1 Å². The largest absolute Gasteiger partial charge is 0.507 e. The monoisotopic (exact) mass is 627 g/mol. The van der Waals surface area contributed by atoms with Gasteiger partial charge in [-0.3, -0.25) is 14.5 Å². The van der Waals surface area contributed by atoms with E-state index in [1.807, 2.05) is 36.4 Å². The summed E-state index contributed by atoms with van der Waals surface area (Å²) in [5, 5.41) is 20.6. The SMILES string of the molecule is COc1ccc(/C(O)=C2/C(=O)C(=O)N(c3nnc(SCc4ccccc4Cl)s3)C2c2ccc(Br)cc2)cc1. The summed E-state index contributed by atoms with van der Waals surface area (Å²) in [4.78, 5) is 28.0. The third-order valence-electron chi connectivity index (χ3n) is 5.90. The number of hydrogen-bond acceptors (Lipinski definition) is 8. The van der Waals surface area contributed by atoms with Crippen LogP contribution in [0.5, 0.6) is 5.75 Å². The van der Waals surface area contributed by atoms with Crippen molar-refractivity contribution in [3.05, 3.63) is 105 Å². The molecule has 5 rings (SSSR count). The molecule has 0 spiro atoms. The van der Waals surface area contributed by atoms with E-state index in [-0.39, 0.29) is 16.5 Å². The van der Waals surface area contributed by atoms with E-state index in [4.69, 9.17) is 16.3 Å². The smallest absolute Gasteiger partial charge is 0.301 e. The summed E-state index contributed by atoms with van der Waals surface area (Å²) in [7, 11) is 1.54. The fraction of sp³-hybridized carbons (Fsp3) is 0.111. The van der Waals surface area contributed by atoms with E-state index in [2.05, 4.69) is 26.1 Å². The lowest BCUT2D eigenvalue weighted by Crippen LogP contribution is -2.29. The van der Waals surface area contributed by atoms with Gasteiger partial charge in [0.1, 0.15) is 11.5 Å². The molecule has 4 aromatic rings. The Morgan fingerprint density at radius 3 is 2.47 bits per heavy atom. The number of aromatic nitrogens is 2. The molecule has 0 bridgehead atoms. The molecule has 1 unspecified atom stereocenters. The number of amides is 1. The number of carbonyl (C=O) groups excluding carboxylic acids is 2. The molecule has 192 valence electrons. The second-order valence-electron chi connectivity index (χ2n) is 8.18. The molecule has 38 heavy (non-hydrogen) atoms. The van der Waals surface area contributed by atoms with Gasteiger partial charge in [0.05, 0.1) is 18.7 Å². The number of rotatable bonds is 7. The maximum atomic E-state index is 13.4. The van der Waals surface area contributed by atoms with Gasteiger partial charge in [-0.1, -0.05) is 81.0 Å². The zero-order valence-electron chi connectivity index (χ0n) is 19.8. The number of ether oxygens (including phenoxy) is 1. The van der Waals surface area contributed by atoms with Crippen molar-refractivity contribution in [3.63, 3.8) is 0 Å². The van der Waals surface area contributed by atoms with Crippen molar-refractivity contribution in [2.45, 2.75) is 16.1 Å². The Bertz CT molecular complexity index is 1540. The summed E-state index contributed by atoms with van der Waals surface area (Å²) in [5.41, 5.74) is 1.95. The van der Waals surface area contributed by atoms with Crippen LogP contribution >= 0.6 is 50.6 Å². The first-order valence-corrected chi connectivity index (χ1v) is 14.2. The molecular formula is C27H19BrClN3O4S2. The van der Waals surface area contributed by atoms with Gasteiger partial charge in [-0.2, -0.15) is 0 Å². The minimum absolute atomic E-state index is 0.0250. The number of benzene rings is 3. The topological polar surface area (TPSA) is 92.6 Å². The van der Waals surface area contributed by atoms with Gasteiger partial charge in [-0.05, 0) is 53.6 Å². The Morgan fingerprint density at radius 2 is 1.79 bits per heavy atom. The molecule has 1 amide bonds. The number of halogens is 2. The van der Waals surface area contributed by atoms with Crippen LogP contribution in [0.25, 0.3) is 5.76 Å². The summed E-state index contributed by atoms with van der Waals surface area (Å²) in [6.45, 7) is 0. The van der Waals surface area contributed by atoms with Crippen molar-refractivity contribution >= 4 is 73.2 Å². The van der Waals surface area contributed by atoms with Crippen LogP contribution in [0.3, 0.4) is 0 Å². The molecule has 1 N–H and O–H groups in total. The third-order valence-corrected chi connectivity index (χ3v) is 8.91. The predicted molar refractivity (Wildman–Crippen MR) is 153 cm³/mol. The number of carbonyl (C=O) groups is 2. The summed E-state index contributed by atoms with van der Waals surface area (Å²) < 4.78 is 6.64. The van der Waals surface area contributed by atoms with Gasteiger partial charge in [-0.25, -0.2) is 0 Å². The lowest BCUT2D eigenvalue weighted by Gasteiger charge is -2.22. The molecule has 2 heterocycles. The van der Waals surface area contributed by atoms with Crippen LogP contribution in [0.2, 0.25) is 5.02 Å². The second-order valence-corrected chi connectivity index (χ2v) is 11.7. The predicted octanol–water partition coefficient (Wildman–Crippen LogP) is 6.88. The third kappa shape index (κ3) is 5.22. The molecule has 1 atom stereocenters. The van der Waals surface area contributed by atoms with Crippen LogP contribution < -0.4 is 9.64 Å². The Morgan fingerprint density at radius 1 is 1.08 bits per heavy atom. The van der Waals surface area contributed by atoms with E-state index < -0.39 is 17.7 Å². The molecule has 1 fully saturated rings. The fourth-order valence-electron chi connectivity index (χ4n) is 4.01. The zero-order chi connectivity index (χ0) is 26.8. The molecule has 1 saturated heterocycles. The molecule has 11 heteroatoms. The van der Waals surface area contributed by atoms with Crippen molar-refractivity contribution in [1.82, 2.24) is 10.2 Å². The molecule has 0 aliphatic carbocycles. The average molecular weight is 629 g/mol. The van der Waals surface area contributed by atoms with Crippen molar-refractivity contribution in [1.29, 1.82) is 0 Å². The van der Waals surface area contributed by atoms with Crippen molar-refractivity contribution in [2.75, 3.05) is 12.0 Å². The highest BCUT2D eigenvalue weighted by Gasteiger charge is 2.48. The highest BCUT2D eigenvalue weighted by Crippen LogP contribution is 2.44. The fourth-order valence-corrected chi connectivity index (χ4v) is 6.43. The van der Waals surface area contributed by atoms with Crippen molar-refractivity contribution in [2.24, 2.45) is 0 Å². The maximum absolute atomic E-state index is 13.4. The van der Waals surface area contributed by atoms with Crippen molar-refractivity contribution in [3.8, 4) is 5.75 Å². The van der Waals surface area contributed by atoms with E-state index in [1.54, 1.807) is 36.4 Å². The number of anilines is 1. The maximum Gasteiger partial charge on any atom is 0.301 e. The Balaban J connectivity index is 1.53. The van der Waals surface area contributed by atoms with Gasteiger partial charge >= 0.3 is 5.91 Å². The number of ketones is 1. The molecule has 3 aromatic carbocycles. The highest BCUT2D eigenvalue weighted by molar-refractivity contribution is 9.10. The number of aliphatic hydroxyl groups is 1. The van der Waals surface area contributed by atoms with Crippen LogP contribution in [0.15, 0.2) is 87.2 Å². The minimum Gasteiger partial charge on any atom is -0.507 e. The van der Waals surface area contributed by atoms with Crippen LogP contribution in [-0.4, -0.2) is 34.1 Å². The first kappa shape index (κ1) is 26.4. The first-order chi connectivity index (χ1) is 18.4. The number of nitrogens with zero attached hydrogens (tertiary/aromatic N) is 3. The van der Waals surface area contributed by atoms with Crippen LogP contribution in [0.1, 0.15) is 22.7 Å². The minimum atomic E-state index is -0.889. The standard InChI is InChI=1S/C27H19BrClN3O4S2/c1-36-19-12-8-16(9-13-19)23(33)21-22(15-6-10-18(28)11-7-15)32(25(35)24(21)34)26-30-31-27(38-26)37-14-17-4-2-3-5-20(17)29/h2-13,22,33H,14H2,1H3/b23-21-. The number of methoxy groups -OCH3 is 1. The van der Waals surface area contributed by atoms with Crippen LogP contribution in [-0.2, 0) is 15.3 Å². The van der Waals surface area contributed by atoms with E-state index in [9.17, 15) is 14.7 Å². The number of aliphatic hydroxyl groups excluding tert-OH is 1. The molecule has 0 saturated carbocycles. The molecular weight excluding hydrogens is 610 g/mol. The second kappa shape index (κ2) is 11.3. The van der Waals surface area contributed by atoms with Gasteiger partial charge in [0.15, 0.2) is 4.34 Å². The summed E-state index contributed by atoms with van der Waals surface area (Å²) in [6.07, 6.45) is 0. The number of Topliss-reactive ketones (excluding diaryl/α,β-unsaturated/α-hetero) is 1. The van der Waals surface area contributed by atoms with Crippen molar-refractivity contribution < 1.29 is 19.4 Å². The number of hydrogen-bond donors (Lipinski definition) is 1. The van der Waals surface area contributed by atoms with E-state index in [0.717, 1.165) is 10.0 Å². The first-order valence-electron chi connectivity index (χ1n) is 11.3. The normalized spacial score (nSPS) is 16.7. The van der Waals surface area contributed by atoms with Crippen LogP contribution in [0, 0.1) is 0 Å².